The minimum absolute atomic E-state index is 0.0287. The third-order valence-electron chi connectivity index (χ3n) is 3.60. The van der Waals surface area contributed by atoms with Gasteiger partial charge in [-0.3, -0.25) is 14.2 Å². The molecule has 0 bridgehead atoms. The highest BCUT2D eigenvalue weighted by Gasteiger charge is 2.09. The molecule has 6 heteroatoms. The average Bonchev–Trinajstić information content (AvgIpc) is 2.56. The maximum Gasteiger partial charge on any atom is 0.254 e. The van der Waals surface area contributed by atoms with Gasteiger partial charge in [-0.25, -0.2) is 4.98 Å². The minimum Gasteiger partial charge on any atom is -0.497 e. The largest absolute Gasteiger partial charge is 0.497 e. The fourth-order valence-electron chi connectivity index (χ4n) is 2.04. The fraction of sp³-hybridized carbons (Fsp3) is 0.353. The van der Waals surface area contributed by atoms with Gasteiger partial charge in [0, 0.05) is 17.7 Å². The van der Waals surface area contributed by atoms with Crippen LogP contribution in [0.1, 0.15) is 20.3 Å². The van der Waals surface area contributed by atoms with Crippen molar-refractivity contribution < 1.29 is 9.53 Å². The third-order valence-corrected chi connectivity index (χ3v) is 3.60. The van der Waals surface area contributed by atoms with E-state index in [-0.39, 0.29) is 24.1 Å². The lowest BCUT2D eigenvalue weighted by Gasteiger charge is -2.12. The maximum absolute atomic E-state index is 12.1. The molecule has 1 aromatic heterocycles. The van der Waals surface area contributed by atoms with E-state index in [9.17, 15) is 9.59 Å². The Morgan fingerprint density at radius 2 is 2.04 bits per heavy atom. The smallest absolute Gasteiger partial charge is 0.254 e. The summed E-state index contributed by atoms with van der Waals surface area (Å²) in [4.78, 5) is 28.3. The van der Waals surface area contributed by atoms with Crippen LogP contribution in [0.3, 0.4) is 0 Å². The molecule has 0 aliphatic carbocycles. The SMILES string of the molecule is CCC(C)NC(=O)Cn1cnc(-c2ccc(OC)cc2)cc1=O. The van der Waals surface area contributed by atoms with Crippen LogP contribution in [0.5, 0.6) is 5.75 Å². The number of benzene rings is 1. The van der Waals surface area contributed by atoms with Gasteiger partial charge in [-0.2, -0.15) is 0 Å². The monoisotopic (exact) mass is 315 g/mol. The van der Waals surface area contributed by atoms with Crippen molar-refractivity contribution in [1.82, 2.24) is 14.9 Å². The van der Waals surface area contributed by atoms with Gasteiger partial charge >= 0.3 is 0 Å². The second-order valence-corrected chi connectivity index (χ2v) is 5.35. The molecule has 0 radical (unpaired) electrons. The van der Waals surface area contributed by atoms with Crippen molar-refractivity contribution in [3.05, 3.63) is 47.0 Å². The van der Waals surface area contributed by atoms with Crippen molar-refractivity contribution in [1.29, 1.82) is 0 Å². The predicted molar refractivity (Wildman–Crippen MR) is 88.4 cm³/mol. The van der Waals surface area contributed by atoms with Crippen LogP contribution in [0.15, 0.2) is 41.5 Å². The first-order valence-corrected chi connectivity index (χ1v) is 7.53. The summed E-state index contributed by atoms with van der Waals surface area (Å²) in [5, 5.41) is 2.82. The van der Waals surface area contributed by atoms with E-state index in [1.54, 1.807) is 7.11 Å². The number of hydrogen-bond donors (Lipinski definition) is 1. The number of nitrogens with zero attached hydrogens (tertiary/aromatic N) is 2. The van der Waals surface area contributed by atoms with Gasteiger partial charge in [-0.1, -0.05) is 6.92 Å². The highest BCUT2D eigenvalue weighted by molar-refractivity contribution is 5.76. The molecule has 6 nitrogen and oxygen atoms in total. The topological polar surface area (TPSA) is 73.2 Å². The van der Waals surface area contributed by atoms with Gasteiger partial charge in [0.2, 0.25) is 5.91 Å². The molecular weight excluding hydrogens is 294 g/mol. The molecule has 2 rings (SSSR count). The number of hydrogen-bond acceptors (Lipinski definition) is 4. The molecule has 0 aliphatic heterocycles. The fourth-order valence-corrected chi connectivity index (χ4v) is 2.04. The molecule has 0 saturated heterocycles. The lowest BCUT2D eigenvalue weighted by Crippen LogP contribution is -2.37. The highest BCUT2D eigenvalue weighted by Crippen LogP contribution is 2.19. The highest BCUT2D eigenvalue weighted by atomic mass is 16.5. The van der Waals surface area contributed by atoms with Crippen LogP contribution in [0.25, 0.3) is 11.3 Å². The molecule has 0 saturated carbocycles. The van der Waals surface area contributed by atoms with Crippen molar-refractivity contribution in [2.75, 3.05) is 7.11 Å². The molecule has 2 aromatic rings. The number of amides is 1. The quantitative estimate of drug-likeness (QED) is 0.882. The molecular formula is C17H21N3O3. The number of ether oxygens (including phenoxy) is 1. The Morgan fingerprint density at radius 3 is 2.61 bits per heavy atom. The zero-order valence-corrected chi connectivity index (χ0v) is 13.6. The van der Waals surface area contributed by atoms with Crippen LogP contribution < -0.4 is 15.6 Å². The lowest BCUT2D eigenvalue weighted by molar-refractivity contribution is -0.122. The van der Waals surface area contributed by atoms with Gasteiger partial charge in [0.05, 0.1) is 19.1 Å². The summed E-state index contributed by atoms with van der Waals surface area (Å²) in [5.41, 5.74) is 1.13. The summed E-state index contributed by atoms with van der Waals surface area (Å²) in [5.74, 6) is 0.546. The lowest BCUT2D eigenvalue weighted by atomic mass is 10.1. The molecule has 1 aromatic carbocycles. The van der Waals surface area contributed by atoms with Crippen LogP contribution in [0.4, 0.5) is 0 Å². The average molecular weight is 315 g/mol. The zero-order chi connectivity index (χ0) is 16.8. The standard InChI is InChI=1S/C17H21N3O3/c1-4-12(2)19-16(21)10-20-11-18-15(9-17(20)22)13-5-7-14(23-3)8-6-13/h5-9,11-12H,4,10H2,1-3H3,(H,19,21). The van der Waals surface area contributed by atoms with E-state index in [1.807, 2.05) is 38.1 Å². The zero-order valence-electron chi connectivity index (χ0n) is 13.6. The van der Waals surface area contributed by atoms with Crippen molar-refractivity contribution >= 4 is 5.91 Å². The van der Waals surface area contributed by atoms with Crippen LogP contribution in [0.2, 0.25) is 0 Å². The molecule has 23 heavy (non-hydrogen) atoms. The van der Waals surface area contributed by atoms with Crippen molar-refractivity contribution in [3.8, 4) is 17.0 Å². The number of carbonyl (C=O) groups is 1. The van der Waals surface area contributed by atoms with Crippen molar-refractivity contribution in [2.24, 2.45) is 0 Å². The first-order chi connectivity index (χ1) is 11.0. The van der Waals surface area contributed by atoms with Gasteiger partial charge in [0.25, 0.3) is 5.56 Å². The van der Waals surface area contributed by atoms with Gasteiger partial charge in [-0.05, 0) is 37.6 Å². The van der Waals surface area contributed by atoms with Gasteiger partial charge in [-0.15, -0.1) is 0 Å². The number of nitrogens with one attached hydrogen (secondary N) is 1. The second kappa shape index (κ2) is 7.58. The van der Waals surface area contributed by atoms with E-state index in [1.165, 1.54) is 17.0 Å². The molecule has 0 aliphatic rings. The Morgan fingerprint density at radius 1 is 1.35 bits per heavy atom. The van der Waals surface area contributed by atoms with E-state index >= 15 is 0 Å². The summed E-state index contributed by atoms with van der Waals surface area (Å²) < 4.78 is 6.40. The number of rotatable bonds is 6. The van der Waals surface area contributed by atoms with Crippen LogP contribution in [-0.2, 0) is 11.3 Å². The third kappa shape index (κ3) is 4.42. The summed E-state index contributed by atoms with van der Waals surface area (Å²) in [6.45, 7) is 3.88. The van der Waals surface area contributed by atoms with E-state index in [0.29, 0.717) is 5.69 Å². The molecule has 0 spiro atoms. The Kier molecular flexibility index (Phi) is 5.51. The van der Waals surface area contributed by atoms with Crippen LogP contribution >= 0.6 is 0 Å². The molecule has 0 fully saturated rings. The normalized spacial score (nSPS) is 11.8. The number of methoxy groups -OCH3 is 1. The van der Waals surface area contributed by atoms with Gasteiger partial charge < -0.3 is 10.1 Å². The molecule has 1 amide bonds. The number of aromatic nitrogens is 2. The summed E-state index contributed by atoms with van der Waals surface area (Å²) in [6.07, 6.45) is 2.24. The predicted octanol–water partition coefficient (Wildman–Crippen LogP) is 1.83. The van der Waals surface area contributed by atoms with E-state index < -0.39 is 0 Å². The Labute approximate surface area is 135 Å². The number of carbonyl (C=O) groups excluding carboxylic acids is 1. The van der Waals surface area contributed by atoms with Crippen LogP contribution in [0, 0.1) is 0 Å². The van der Waals surface area contributed by atoms with Crippen molar-refractivity contribution in [2.45, 2.75) is 32.9 Å². The molecule has 1 atom stereocenters. The van der Waals surface area contributed by atoms with E-state index in [4.69, 9.17) is 4.74 Å². The Balaban J connectivity index is 2.14. The minimum atomic E-state index is -0.259. The van der Waals surface area contributed by atoms with Gasteiger partial charge in [0.15, 0.2) is 0 Å². The molecule has 1 heterocycles. The van der Waals surface area contributed by atoms with Gasteiger partial charge in [0.1, 0.15) is 12.3 Å². The molecule has 1 unspecified atom stereocenters. The maximum atomic E-state index is 12.1. The summed E-state index contributed by atoms with van der Waals surface area (Å²) >= 11 is 0. The van der Waals surface area contributed by atoms with Crippen LogP contribution in [-0.4, -0.2) is 28.6 Å². The first-order valence-electron chi connectivity index (χ1n) is 7.53. The second-order valence-electron chi connectivity index (χ2n) is 5.35. The molecule has 1 N–H and O–H groups in total. The van der Waals surface area contributed by atoms with E-state index in [0.717, 1.165) is 17.7 Å². The van der Waals surface area contributed by atoms with E-state index in [2.05, 4.69) is 10.3 Å². The Hall–Kier alpha value is -2.63. The summed E-state index contributed by atoms with van der Waals surface area (Å²) in [6, 6.07) is 8.80. The Bertz CT molecular complexity index is 723. The first kappa shape index (κ1) is 16.7. The summed E-state index contributed by atoms with van der Waals surface area (Å²) in [7, 11) is 1.60. The molecule has 122 valence electrons. The van der Waals surface area contributed by atoms with Crippen molar-refractivity contribution in [3.63, 3.8) is 0 Å².